The van der Waals surface area contributed by atoms with Crippen LogP contribution >= 0.6 is 0 Å². The molecule has 3 rings (SSSR count). The molecule has 2 aromatic heterocycles. The predicted molar refractivity (Wildman–Crippen MR) is 94.1 cm³/mol. The fourth-order valence-corrected chi connectivity index (χ4v) is 3.39. The number of nitrogens with one attached hydrogen (secondary N) is 1. The van der Waals surface area contributed by atoms with Crippen molar-refractivity contribution in [1.82, 2.24) is 14.9 Å². The maximum absolute atomic E-state index is 12.0. The maximum Gasteiger partial charge on any atom is 0.404 e. The number of aromatic nitrogens is 2. The third-order valence-corrected chi connectivity index (χ3v) is 4.84. The minimum atomic E-state index is -0.993. The van der Waals surface area contributed by atoms with Crippen molar-refractivity contribution in [2.45, 2.75) is 31.7 Å². The van der Waals surface area contributed by atoms with Crippen LogP contribution in [0.5, 0.6) is 5.75 Å². The highest BCUT2D eigenvalue weighted by molar-refractivity contribution is 5.83. The van der Waals surface area contributed by atoms with Crippen molar-refractivity contribution in [3.8, 4) is 11.8 Å². The maximum atomic E-state index is 12.0. The molecule has 0 bridgehead atoms. The zero-order valence-corrected chi connectivity index (χ0v) is 14.4. The van der Waals surface area contributed by atoms with Crippen LogP contribution in [0.3, 0.4) is 0 Å². The monoisotopic (exact) mass is 356 g/mol. The molecule has 0 spiro atoms. The van der Waals surface area contributed by atoms with Crippen LogP contribution in [-0.4, -0.2) is 33.4 Å². The van der Waals surface area contributed by atoms with E-state index in [2.05, 4.69) is 16.4 Å². The van der Waals surface area contributed by atoms with E-state index in [1.165, 1.54) is 16.8 Å². The number of rotatable bonds is 4. The van der Waals surface area contributed by atoms with Crippen LogP contribution < -0.4 is 15.6 Å². The van der Waals surface area contributed by atoms with Crippen LogP contribution in [0.4, 0.5) is 4.79 Å². The molecule has 0 unspecified atom stereocenters. The molecule has 8 heteroatoms. The number of nitrogens with zero attached hydrogens (tertiary/aromatic N) is 3. The normalized spacial score (nSPS) is 19.7. The van der Waals surface area contributed by atoms with E-state index >= 15 is 0 Å². The predicted octanol–water partition coefficient (Wildman–Crippen LogP) is 2.01. The highest BCUT2D eigenvalue weighted by Crippen LogP contribution is 2.30. The van der Waals surface area contributed by atoms with Crippen LogP contribution in [0.1, 0.15) is 31.2 Å². The zero-order valence-electron chi connectivity index (χ0n) is 14.4. The summed E-state index contributed by atoms with van der Waals surface area (Å²) in [6.07, 6.45) is 3.68. The van der Waals surface area contributed by atoms with Gasteiger partial charge in [-0.15, -0.1) is 0 Å². The van der Waals surface area contributed by atoms with Crippen molar-refractivity contribution in [2.24, 2.45) is 13.0 Å². The Balaban J connectivity index is 1.77. The number of carbonyl (C=O) groups is 1. The van der Waals surface area contributed by atoms with Crippen LogP contribution in [0, 0.1) is 17.2 Å². The molecule has 0 aromatic carbocycles. The first-order chi connectivity index (χ1) is 12.5. The van der Waals surface area contributed by atoms with Gasteiger partial charge in [0, 0.05) is 25.4 Å². The van der Waals surface area contributed by atoms with E-state index in [4.69, 9.17) is 9.84 Å². The van der Waals surface area contributed by atoms with Gasteiger partial charge in [0.25, 0.3) is 5.56 Å². The summed E-state index contributed by atoms with van der Waals surface area (Å²) in [5.41, 5.74) is 1.20. The van der Waals surface area contributed by atoms with Gasteiger partial charge in [-0.25, -0.2) is 4.79 Å². The molecule has 136 valence electrons. The summed E-state index contributed by atoms with van der Waals surface area (Å²) in [6.45, 7) is 0.413. The molecule has 26 heavy (non-hydrogen) atoms. The van der Waals surface area contributed by atoms with Gasteiger partial charge < -0.3 is 19.7 Å². The summed E-state index contributed by atoms with van der Waals surface area (Å²) >= 11 is 0. The molecule has 0 saturated heterocycles. The van der Waals surface area contributed by atoms with Crippen LogP contribution in [0.15, 0.2) is 23.1 Å². The topological polar surface area (TPSA) is 117 Å². The second-order valence-electron chi connectivity index (χ2n) is 6.56. The van der Waals surface area contributed by atoms with E-state index in [1.54, 1.807) is 13.1 Å². The second-order valence-corrected chi connectivity index (χ2v) is 6.56. The molecule has 2 N–H and O–H groups in total. The van der Waals surface area contributed by atoms with E-state index in [0.717, 1.165) is 25.7 Å². The molecular weight excluding hydrogens is 336 g/mol. The standard InChI is InChI=1S/C18H20N4O4/c1-22-15(23)7-6-14-16(22)17(12(8-19)9-20-14)26-10-11-2-4-13(5-3-11)21-18(24)25/h6-7,9,11,13,21H,2-5,10H2,1H3,(H,24,25). The molecular formula is C18H20N4O4. The van der Waals surface area contributed by atoms with Gasteiger partial charge in [-0.1, -0.05) is 0 Å². The number of hydrogen-bond acceptors (Lipinski definition) is 5. The van der Waals surface area contributed by atoms with E-state index in [9.17, 15) is 14.9 Å². The molecule has 1 aliphatic rings. The first kappa shape index (κ1) is 17.7. The molecule has 1 amide bonds. The van der Waals surface area contributed by atoms with E-state index in [0.29, 0.717) is 29.0 Å². The Labute approximate surface area is 150 Å². The van der Waals surface area contributed by atoms with Crippen molar-refractivity contribution in [2.75, 3.05) is 6.61 Å². The van der Waals surface area contributed by atoms with Gasteiger partial charge in [0.1, 0.15) is 17.1 Å². The first-order valence-electron chi connectivity index (χ1n) is 8.50. The molecule has 8 nitrogen and oxygen atoms in total. The lowest BCUT2D eigenvalue weighted by Gasteiger charge is -2.28. The van der Waals surface area contributed by atoms with Crippen molar-refractivity contribution in [3.05, 3.63) is 34.2 Å². The number of hydrogen-bond donors (Lipinski definition) is 2. The Morgan fingerprint density at radius 1 is 1.42 bits per heavy atom. The van der Waals surface area contributed by atoms with Crippen molar-refractivity contribution in [1.29, 1.82) is 5.26 Å². The molecule has 1 saturated carbocycles. The number of aryl methyl sites for hydroxylation is 1. The number of ether oxygens (including phenoxy) is 1. The first-order valence-corrected chi connectivity index (χ1v) is 8.50. The smallest absolute Gasteiger partial charge is 0.404 e. The van der Waals surface area contributed by atoms with Crippen molar-refractivity contribution >= 4 is 17.1 Å². The van der Waals surface area contributed by atoms with Gasteiger partial charge in [0.2, 0.25) is 0 Å². The van der Waals surface area contributed by atoms with Crippen LogP contribution in [0.25, 0.3) is 11.0 Å². The number of fused-ring (bicyclic) bond motifs is 1. The Morgan fingerprint density at radius 3 is 2.81 bits per heavy atom. The number of carboxylic acid groups (broad SMARTS) is 1. The molecule has 0 aliphatic heterocycles. The van der Waals surface area contributed by atoms with Gasteiger partial charge in [-0.2, -0.15) is 5.26 Å². The summed E-state index contributed by atoms with van der Waals surface area (Å²) in [4.78, 5) is 26.9. The molecule has 1 fully saturated rings. The summed E-state index contributed by atoms with van der Waals surface area (Å²) in [5.74, 6) is 0.654. The van der Waals surface area contributed by atoms with Gasteiger partial charge in [0.15, 0.2) is 5.75 Å². The lowest BCUT2D eigenvalue weighted by molar-refractivity contribution is 0.170. The summed E-state index contributed by atoms with van der Waals surface area (Å²) in [7, 11) is 1.63. The largest absolute Gasteiger partial charge is 0.490 e. The van der Waals surface area contributed by atoms with Gasteiger partial charge in [0.05, 0.1) is 12.1 Å². The SMILES string of the molecule is Cn1c(=O)ccc2ncc(C#N)c(OCC3CCC(NC(=O)O)CC3)c21. The average Bonchev–Trinajstić information content (AvgIpc) is 2.63. The highest BCUT2D eigenvalue weighted by atomic mass is 16.5. The molecule has 0 atom stereocenters. The van der Waals surface area contributed by atoms with Gasteiger partial charge in [-0.05, 0) is 37.7 Å². The third kappa shape index (κ3) is 3.61. The minimum Gasteiger partial charge on any atom is -0.490 e. The quantitative estimate of drug-likeness (QED) is 0.865. The number of amides is 1. The van der Waals surface area contributed by atoms with Crippen LogP contribution in [0.2, 0.25) is 0 Å². The molecule has 0 radical (unpaired) electrons. The van der Waals surface area contributed by atoms with Crippen molar-refractivity contribution in [3.63, 3.8) is 0 Å². The van der Waals surface area contributed by atoms with E-state index in [1.807, 2.05) is 0 Å². The fourth-order valence-electron chi connectivity index (χ4n) is 3.39. The molecule has 2 heterocycles. The van der Waals surface area contributed by atoms with Gasteiger partial charge >= 0.3 is 6.09 Å². The fraction of sp³-hybridized carbons (Fsp3) is 0.444. The highest BCUT2D eigenvalue weighted by Gasteiger charge is 2.23. The Morgan fingerprint density at radius 2 is 2.15 bits per heavy atom. The Bertz CT molecular complexity index is 923. The Hall–Kier alpha value is -3.08. The molecule has 1 aliphatic carbocycles. The average molecular weight is 356 g/mol. The van der Waals surface area contributed by atoms with Crippen molar-refractivity contribution < 1.29 is 14.6 Å². The number of nitriles is 1. The Kier molecular flexibility index (Phi) is 5.07. The third-order valence-electron chi connectivity index (χ3n) is 4.84. The number of pyridine rings is 2. The van der Waals surface area contributed by atoms with Gasteiger partial charge in [-0.3, -0.25) is 9.78 Å². The second kappa shape index (κ2) is 7.44. The lowest BCUT2D eigenvalue weighted by atomic mass is 9.86. The lowest BCUT2D eigenvalue weighted by Crippen LogP contribution is -2.37. The zero-order chi connectivity index (χ0) is 18.7. The summed E-state index contributed by atoms with van der Waals surface area (Å²) < 4.78 is 7.41. The molecule has 2 aromatic rings. The van der Waals surface area contributed by atoms with E-state index in [-0.39, 0.29) is 17.5 Å². The summed E-state index contributed by atoms with van der Waals surface area (Å²) in [5, 5.41) is 20.7. The minimum absolute atomic E-state index is 0.0130. The summed E-state index contributed by atoms with van der Waals surface area (Å²) in [6, 6.07) is 5.11. The van der Waals surface area contributed by atoms with E-state index < -0.39 is 6.09 Å². The van der Waals surface area contributed by atoms with Crippen LogP contribution in [-0.2, 0) is 7.05 Å².